The molecule has 0 aromatic carbocycles. The van der Waals surface area contributed by atoms with E-state index in [-0.39, 0.29) is 5.88 Å². The molecule has 0 aromatic rings. The summed E-state index contributed by atoms with van der Waals surface area (Å²) in [5.74, 6) is -0.988. The minimum atomic E-state index is -1.64. The van der Waals surface area contributed by atoms with Crippen LogP contribution in [0.2, 0.25) is 0 Å². The monoisotopic (exact) mass is 189 g/mol. The van der Waals surface area contributed by atoms with E-state index in [0.717, 1.165) is 0 Å². The number of hydrogen-bond donors (Lipinski definition) is 0. The highest BCUT2D eigenvalue weighted by atomic mass is 35.5. The molecule has 0 bridgehead atoms. The van der Waals surface area contributed by atoms with Crippen LogP contribution in [0, 0.1) is 6.92 Å². The molecule has 0 aliphatic heterocycles. The smallest absolute Gasteiger partial charge is 0.309 e. The normalized spacial score (nSPS) is 11.1. The van der Waals surface area contributed by atoms with Crippen molar-refractivity contribution >= 4 is 40.8 Å². The number of hydrogen-bond acceptors (Lipinski definition) is 2. The van der Waals surface area contributed by atoms with Gasteiger partial charge in [0.1, 0.15) is 0 Å². The molecule has 0 amide bonds. The van der Waals surface area contributed by atoms with Gasteiger partial charge in [-0.15, -0.1) is 11.6 Å². The van der Waals surface area contributed by atoms with Gasteiger partial charge in [-0.1, -0.05) is 23.2 Å². The molecule has 0 aliphatic rings. The van der Waals surface area contributed by atoms with Gasteiger partial charge in [-0.2, -0.15) is 0 Å². The zero-order valence-electron chi connectivity index (χ0n) is 4.36. The molecule has 1 radical (unpaired) electrons. The Morgan fingerprint density at radius 3 is 2.22 bits per heavy atom. The van der Waals surface area contributed by atoms with E-state index in [4.69, 9.17) is 34.8 Å². The van der Waals surface area contributed by atoms with Crippen LogP contribution in [0.1, 0.15) is 0 Å². The Kier molecular flexibility index (Phi) is 3.63. The van der Waals surface area contributed by atoms with E-state index in [2.05, 4.69) is 11.7 Å². The van der Waals surface area contributed by atoms with Crippen LogP contribution in [0.4, 0.5) is 0 Å². The quantitative estimate of drug-likeness (QED) is 0.490. The number of halogens is 3. The molecule has 0 N–H and O–H groups in total. The lowest BCUT2D eigenvalue weighted by Crippen LogP contribution is -2.22. The molecule has 0 spiro atoms. The summed E-state index contributed by atoms with van der Waals surface area (Å²) in [6.07, 6.45) is 0. The van der Waals surface area contributed by atoms with Gasteiger partial charge in [0, 0.05) is 0 Å². The molecular weight excluding hydrogens is 186 g/mol. The maximum Gasteiger partial charge on any atom is 0.309 e. The molecule has 9 heavy (non-hydrogen) atoms. The Hall–Kier alpha value is 0.340. The number of carbonyl (C=O) groups excluding carboxylic acids is 1. The fourth-order valence-corrected chi connectivity index (χ4v) is 0.420. The van der Waals surface area contributed by atoms with Gasteiger partial charge in [-0.05, 0) is 0 Å². The Bertz CT molecular complexity index is 112. The van der Waals surface area contributed by atoms with Crippen molar-refractivity contribution in [2.75, 3.05) is 5.88 Å². The van der Waals surface area contributed by atoms with Crippen LogP contribution in [-0.4, -0.2) is 16.4 Å². The van der Waals surface area contributed by atoms with Crippen molar-refractivity contribution in [3.05, 3.63) is 6.92 Å². The van der Waals surface area contributed by atoms with Gasteiger partial charge in [0.2, 0.25) is 0 Å². The van der Waals surface area contributed by atoms with Gasteiger partial charge >= 0.3 is 5.97 Å². The first kappa shape index (κ1) is 9.34. The van der Waals surface area contributed by atoms with Crippen LogP contribution < -0.4 is 0 Å². The fourth-order valence-electron chi connectivity index (χ4n) is 0.194. The zero-order chi connectivity index (χ0) is 7.49. The highest BCUT2D eigenvalue weighted by Gasteiger charge is 2.25. The molecule has 0 rings (SSSR count). The van der Waals surface area contributed by atoms with E-state index in [1.54, 1.807) is 0 Å². The third-order valence-corrected chi connectivity index (χ3v) is 1.49. The molecule has 5 heteroatoms. The lowest BCUT2D eigenvalue weighted by molar-refractivity contribution is -0.140. The third kappa shape index (κ3) is 4.82. The molecule has 0 saturated carbocycles. The van der Waals surface area contributed by atoms with Crippen molar-refractivity contribution in [2.24, 2.45) is 0 Å². The Balaban J connectivity index is 3.71. The van der Waals surface area contributed by atoms with Crippen LogP contribution in [0.3, 0.4) is 0 Å². The molecule has 2 nitrogen and oxygen atoms in total. The first-order chi connectivity index (χ1) is 3.98. The maximum atomic E-state index is 10.1. The molecule has 0 fully saturated rings. The molecule has 53 valence electrons. The number of rotatable bonds is 2. The average Bonchev–Trinajstić information content (AvgIpc) is 1.63. The van der Waals surface area contributed by atoms with Crippen molar-refractivity contribution in [3.63, 3.8) is 0 Å². The van der Waals surface area contributed by atoms with E-state index < -0.39 is 10.5 Å². The predicted molar refractivity (Wildman–Crippen MR) is 36.6 cm³/mol. The summed E-state index contributed by atoms with van der Waals surface area (Å²) >= 11 is 15.7. The second-order valence-electron chi connectivity index (χ2n) is 1.25. The maximum absolute atomic E-state index is 10.1. The second kappa shape index (κ2) is 3.49. The lowest BCUT2D eigenvalue weighted by Gasteiger charge is -2.14. The third-order valence-electron chi connectivity index (χ3n) is 0.419. The number of esters is 1. The molecule has 0 aromatic heterocycles. The van der Waals surface area contributed by atoms with Crippen LogP contribution in [0.25, 0.3) is 0 Å². The SMILES string of the molecule is [CH2]C(=O)OC(Cl)(Cl)CCl. The van der Waals surface area contributed by atoms with Crippen LogP contribution >= 0.6 is 34.8 Å². The van der Waals surface area contributed by atoms with Crippen LogP contribution in [0.15, 0.2) is 0 Å². The average molecular weight is 190 g/mol. The van der Waals surface area contributed by atoms with E-state index >= 15 is 0 Å². The topological polar surface area (TPSA) is 26.3 Å². The van der Waals surface area contributed by atoms with E-state index in [1.165, 1.54) is 0 Å². The van der Waals surface area contributed by atoms with Gasteiger partial charge < -0.3 is 4.74 Å². The summed E-state index contributed by atoms with van der Waals surface area (Å²) in [7, 11) is 0. The number of alkyl halides is 3. The van der Waals surface area contributed by atoms with Gasteiger partial charge in [0.05, 0.1) is 12.8 Å². The Morgan fingerprint density at radius 2 is 2.11 bits per heavy atom. The molecule has 0 saturated heterocycles. The zero-order valence-corrected chi connectivity index (χ0v) is 6.63. The van der Waals surface area contributed by atoms with Crippen molar-refractivity contribution in [1.29, 1.82) is 0 Å². The molecule has 0 unspecified atom stereocenters. The number of carbonyl (C=O) groups is 1. The van der Waals surface area contributed by atoms with Crippen molar-refractivity contribution in [3.8, 4) is 0 Å². The minimum absolute atomic E-state index is 0.183. The van der Waals surface area contributed by atoms with E-state index in [0.29, 0.717) is 0 Å². The molecule has 0 atom stereocenters. The summed E-state index contributed by atoms with van der Waals surface area (Å²) < 4.78 is 2.60. The Labute approximate surface area is 68.0 Å². The van der Waals surface area contributed by atoms with E-state index in [9.17, 15) is 4.79 Å². The summed E-state index contributed by atoms with van der Waals surface area (Å²) in [5.41, 5.74) is 0. The summed E-state index contributed by atoms with van der Waals surface area (Å²) in [5, 5.41) is 0. The van der Waals surface area contributed by atoms with Crippen molar-refractivity contribution in [1.82, 2.24) is 0 Å². The highest BCUT2D eigenvalue weighted by molar-refractivity contribution is 6.50. The van der Waals surface area contributed by atoms with E-state index in [1.807, 2.05) is 0 Å². The second-order valence-corrected chi connectivity index (χ2v) is 2.93. The van der Waals surface area contributed by atoms with Gasteiger partial charge in [0.25, 0.3) is 4.52 Å². The lowest BCUT2D eigenvalue weighted by atomic mass is 10.7. The number of ether oxygens (including phenoxy) is 1. The van der Waals surface area contributed by atoms with Gasteiger partial charge in [0.15, 0.2) is 0 Å². The fraction of sp³-hybridized carbons (Fsp3) is 0.500. The molecular formula is C4H4Cl3O2. The summed E-state index contributed by atoms with van der Waals surface area (Å²) in [6.45, 7) is 2.88. The van der Waals surface area contributed by atoms with Gasteiger partial charge in [-0.25, -0.2) is 0 Å². The van der Waals surface area contributed by atoms with Gasteiger partial charge in [-0.3, -0.25) is 4.79 Å². The molecule has 0 aliphatic carbocycles. The standard InChI is InChI=1S/C4H4Cl3O2/c1-3(8)9-4(6,7)2-5/h1-2H2. The van der Waals surface area contributed by atoms with Crippen molar-refractivity contribution < 1.29 is 9.53 Å². The predicted octanol–water partition coefficient (Wildman–Crippen LogP) is 1.73. The largest absolute Gasteiger partial charge is 0.427 e. The first-order valence-electron chi connectivity index (χ1n) is 1.96. The highest BCUT2D eigenvalue weighted by Crippen LogP contribution is 2.23. The Morgan fingerprint density at radius 1 is 1.67 bits per heavy atom. The van der Waals surface area contributed by atoms with Crippen LogP contribution in [0.5, 0.6) is 0 Å². The van der Waals surface area contributed by atoms with Crippen LogP contribution in [-0.2, 0) is 9.53 Å². The van der Waals surface area contributed by atoms with Crippen molar-refractivity contribution in [2.45, 2.75) is 4.52 Å². The summed E-state index contributed by atoms with van der Waals surface area (Å²) in [6, 6.07) is 0. The molecule has 0 heterocycles. The first-order valence-corrected chi connectivity index (χ1v) is 3.26. The minimum Gasteiger partial charge on any atom is -0.427 e. The summed E-state index contributed by atoms with van der Waals surface area (Å²) in [4.78, 5) is 10.1.